The predicted octanol–water partition coefficient (Wildman–Crippen LogP) is 0.669. The molecule has 0 bridgehead atoms. The lowest BCUT2D eigenvalue weighted by Gasteiger charge is -2.08. The third-order valence-corrected chi connectivity index (χ3v) is 3.04. The summed E-state index contributed by atoms with van der Waals surface area (Å²) in [5.74, 6) is -0.249. The fourth-order valence-electron chi connectivity index (χ4n) is 1.41. The number of aryl methyl sites for hydroxylation is 1. The lowest BCUT2D eigenvalue weighted by molar-refractivity contribution is -0.122. The summed E-state index contributed by atoms with van der Waals surface area (Å²) in [7, 11) is 0. The van der Waals surface area contributed by atoms with E-state index in [4.69, 9.17) is 0 Å². The molecule has 1 unspecified atom stereocenters. The van der Waals surface area contributed by atoms with Gasteiger partial charge >= 0.3 is 0 Å². The monoisotopic (exact) mass is 225 g/mol. The van der Waals surface area contributed by atoms with Crippen LogP contribution in [0.25, 0.3) is 0 Å². The van der Waals surface area contributed by atoms with E-state index in [1.54, 1.807) is 0 Å². The SMILES string of the molecule is Cc1csc(NC(=O)C2CCC(=O)N2)n1. The summed E-state index contributed by atoms with van der Waals surface area (Å²) in [6.07, 6.45) is 0.990. The lowest BCUT2D eigenvalue weighted by atomic mass is 10.2. The third kappa shape index (κ3) is 2.33. The molecule has 6 heteroatoms. The second-order valence-electron chi connectivity index (χ2n) is 3.44. The molecule has 0 radical (unpaired) electrons. The largest absolute Gasteiger partial charge is 0.344 e. The number of hydrogen-bond acceptors (Lipinski definition) is 4. The van der Waals surface area contributed by atoms with Crippen molar-refractivity contribution in [2.45, 2.75) is 25.8 Å². The summed E-state index contributed by atoms with van der Waals surface area (Å²) in [6, 6.07) is -0.401. The van der Waals surface area contributed by atoms with Crippen molar-refractivity contribution >= 4 is 28.3 Å². The van der Waals surface area contributed by atoms with Crippen LogP contribution in [0.2, 0.25) is 0 Å². The Hall–Kier alpha value is -1.43. The van der Waals surface area contributed by atoms with Crippen molar-refractivity contribution in [1.29, 1.82) is 0 Å². The highest BCUT2D eigenvalue weighted by molar-refractivity contribution is 7.13. The number of aromatic nitrogens is 1. The van der Waals surface area contributed by atoms with Crippen LogP contribution < -0.4 is 10.6 Å². The first-order chi connectivity index (χ1) is 7.15. The van der Waals surface area contributed by atoms with E-state index in [1.165, 1.54) is 11.3 Å². The molecule has 1 aromatic rings. The lowest BCUT2D eigenvalue weighted by Crippen LogP contribution is -2.37. The minimum absolute atomic E-state index is 0.0644. The number of amides is 2. The van der Waals surface area contributed by atoms with Gasteiger partial charge in [-0.25, -0.2) is 4.98 Å². The van der Waals surface area contributed by atoms with Crippen LogP contribution in [0.15, 0.2) is 5.38 Å². The standard InChI is InChI=1S/C9H11N3O2S/c1-5-4-15-9(10-5)12-8(14)6-2-3-7(13)11-6/h4,6H,2-3H2,1H3,(H,11,13)(H,10,12,14). The molecule has 1 aliphatic rings. The highest BCUT2D eigenvalue weighted by Gasteiger charge is 2.27. The molecule has 2 amide bonds. The first-order valence-corrected chi connectivity index (χ1v) is 5.55. The number of thiazole rings is 1. The molecular formula is C9H11N3O2S. The summed E-state index contributed by atoms with van der Waals surface area (Å²) in [4.78, 5) is 26.6. The minimum Gasteiger partial charge on any atom is -0.344 e. The van der Waals surface area contributed by atoms with Crippen LogP contribution in [0.3, 0.4) is 0 Å². The Morgan fingerprint density at radius 2 is 2.53 bits per heavy atom. The van der Waals surface area contributed by atoms with E-state index in [0.29, 0.717) is 18.0 Å². The zero-order chi connectivity index (χ0) is 10.8. The van der Waals surface area contributed by atoms with E-state index in [2.05, 4.69) is 15.6 Å². The topological polar surface area (TPSA) is 71.1 Å². The molecule has 1 atom stereocenters. The maximum absolute atomic E-state index is 11.6. The molecule has 2 rings (SSSR count). The van der Waals surface area contributed by atoms with Gasteiger partial charge < -0.3 is 10.6 Å². The summed E-state index contributed by atoms with van der Waals surface area (Å²) < 4.78 is 0. The number of hydrogen-bond donors (Lipinski definition) is 2. The van der Waals surface area contributed by atoms with E-state index in [-0.39, 0.29) is 11.8 Å². The maximum atomic E-state index is 11.6. The van der Waals surface area contributed by atoms with Crippen LogP contribution in [0.5, 0.6) is 0 Å². The normalized spacial score (nSPS) is 20.1. The zero-order valence-electron chi connectivity index (χ0n) is 8.24. The van der Waals surface area contributed by atoms with E-state index >= 15 is 0 Å². The van der Waals surface area contributed by atoms with Crippen LogP contribution in [-0.4, -0.2) is 22.8 Å². The quantitative estimate of drug-likeness (QED) is 0.777. The Kier molecular flexibility index (Phi) is 2.68. The van der Waals surface area contributed by atoms with Gasteiger partial charge in [-0.15, -0.1) is 11.3 Å². The summed E-state index contributed by atoms with van der Waals surface area (Å²) in [6.45, 7) is 1.86. The third-order valence-electron chi connectivity index (χ3n) is 2.16. The molecule has 2 heterocycles. The molecule has 5 nitrogen and oxygen atoms in total. The van der Waals surface area contributed by atoms with Crippen molar-refractivity contribution in [2.75, 3.05) is 5.32 Å². The summed E-state index contributed by atoms with van der Waals surface area (Å²) in [5.41, 5.74) is 0.880. The summed E-state index contributed by atoms with van der Waals surface area (Å²) in [5, 5.41) is 7.73. The van der Waals surface area contributed by atoms with Crippen LogP contribution in [0.4, 0.5) is 5.13 Å². The van der Waals surface area contributed by atoms with Crippen molar-refractivity contribution in [2.24, 2.45) is 0 Å². The highest BCUT2D eigenvalue weighted by Crippen LogP contribution is 2.16. The van der Waals surface area contributed by atoms with E-state index in [1.807, 2.05) is 12.3 Å². The Morgan fingerprint density at radius 1 is 1.73 bits per heavy atom. The van der Waals surface area contributed by atoms with Crippen LogP contribution in [0, 0.1) is 6.92 Å². The smallest absolute Gasteiger partial charge is 0.248 e. The molecule has 15 heavy (non-hydrogen) atoms. The maximum Gasteiger partial charge on any atom is 0.248 e. The molecule has 1 aliphatic heterocycles. The molecule has 2 N–H and O–H groups in total. The van der Waals surface area contributed by atoms with Crippen LogP contribution in [0.1, 0.15) is 18.5 Å². The molecule has 1 saturated heterocycles. The molecule has 1 aromatic heterocycles. The van der Waals surface area contributed by atoms with Gasteiger partial charge in [0.05, 0.1) is 5.69 Å². The number of nitrogens with zero attached hydrogens (tertiary/aromatic N) is 1. The van der Waals surface area contributed by atoms with Gasteiger partial charge in [0, 0.05) is 11.8 Å². The van der Waals surface area contributed by atoms with Crippen LogP contribution in [-0.2, 0) is 9.59 Å². The Morgan fingerprint density at radius 3 is 3.07 bits per heavy atom. The van der Waals surface area contributed by atoms with Crippen molar-refractivity contribution < 1.29 is 9.59 Å². The van der Waals surface area contributed by atoms with E-state index < -0.39 is 6.04 Å². The fraction of sp³-hybridized carbons (Fsp3) is 0.444. The molecule has 0 aromatic carbocycles. The van der Waals surface area contributed by atoms with Crippen molar-refractivity contribution in [3.63, 3.8) is 0 Å². The number of rotatable bonds is 2. The number of carbonyl (C=O) groups excluding carboxylic acids is 2. The van der Waals surface area contributed by atoms with Gasteiger partial charge in [-0.3, -0.25) is 9.59 Å². The van der Waals surface area contributed by atoms with E-state index in [0.717, 1.165) is 5.69 Å². The summed E-state index contributed by atoms with van der Waals surface area (Å²) >= 11 is 1.38. The molecular weight excluding hydrogens is 214 g/mol. The molecule has 0 aliphatic carbocycles. The highest BCUT2D eigenvalue weighted by atomic mass is 32.1. The van der Waals surface area contributed by atoms with Crippen molar-refractivity contribution in [1.82, 2.24) is 10.3 Å². The molecule has 80 valence electrons. The van der Waals surface area contributed by atoms with E-state index in [9.17, 15) is 9.59 Å². The van der Waals surface area contributed by atoms with Gasteiger partial charge in [-0.2, -0.15) is 0 Å². The predicted molar refractivity (Wildman–Crippen MR) is 56.6 cm³/mol. The number of anilines is 1. The zero-order valence-corrected chi connectivity index (χ0v) is 9.06. The average molecular weight is 225 g/mol. The average Bonchev–Trinajstić information content (AvgIpc) is 2.75. The van der Waals surface area contributed by atoms with Gasteiger partial charge in [0.25, 0.3) is 0 Å². The second kappa shape index (κ2) is 3.98. The van der Waals surface area contributed by atoms with Gasteiger partial charge in [0.1, 0.15) is 6.04 Å². The second-order valence-corrected chi connectivity index (χ2v) is 4.30. The van der Waals surface area contributed by atoms with Gasteiger partial charge in [-0.05, 0) is 13.3 Å². The van der Waals surface area contributed by atoms with Crippen LogP contribution >= 0.6 is 11.3 Å². The number of carbonyl (C=O) groups is 2. The first kappa shape index (κ1) is 10.1. The Bertz CT molecular complexity index is 402. The molecule has 1 fully saturated rings. The Labute approximate surface area is 90.9 Å². The molecule has 0 saturated carbocycles. The van der Waals surface area contributed by atoms with Gasteiger partial charge in [0.15, 0.2) is 5.13 Å². The first-order valence-electron chi connectivity index (χ1n) is 4.67. The minimum atomic E-state index is -0.401. The number of nitrogens with one attached hydrogen (secondary N) is 2. The Balaban J connectivity index is 1.95. The fourth-order valence-corrected chi connectivity index (χ4v) is 2.11. The van der Waals surface area contributed by atoms with Crippen molar-refractivity contribution in [3.05, 3.63) is 11.1 Å². The van der Waals surface area contributed by atoms with Gasteiger partial charge in [-0.1, -0.05) is 0 Å². The van der Waals surface area contributed by atoms with Gasteiger partial charge in [0.2, 0.25) is 11.8 Å². The molecule has 0 spiro atoms. The van der Waals surface area contributed by atoms with Crippen molar-refractivity contribution in [3.8, 4) is 0 Å².